The van der Waals surface area contributed by atoms with Crippen LogP contribution in [0.4, 0.5) is 27.9 Å². The van der Waals surface area contributed by atoms with Gasteiger partial charge in [-0.3, -0.25) is 19.8 Å². The molecule has 5 aromatic heterocycles. The molecule has 26 heteroatoms. The molecule has 9 aromatic rings. The second-order valence-electron chi connectivity index (χ2n) is 24.2. The minimum atomic E-state index is -3.55. The highest BCUT2D eigenvalue weighted by molar-refractivity contribution is 7.86. The van der Waals surface area contributed by atoms with Crippen molar-refractivity contribution in [2.45, 2.75) is 64.2 Å². The van der Waals surface area contributed by atoms with Crippen molar-refractivity contribution in [2.24, 2.45) is 22.4 Å². The molecule has 1 spiro atoms. The van der Waals surface area contributed by atoms with Gasteiger partial charge in [0.2, 0.25) is 11.8 Å². The number of nitrogens with two attached hydrogens (primary N) is 1. The largest absolute Gasteiger partial charge is 0.371 e. The number of anilines is 5. The number of H-pyrrole nitrogens is 4. The van der Waals surface area contributed by atoms with E-state index in [1.54, 1.807) is 23.3 Å². The molecule has 0 radical (unpaired) electrons. The number of piperidine rings is 4. The van der Waals surface area contributed by atoms with Gasteiger partial charge in [0.15, 0.2) is 5.13 Å². The number of nitrogens with zero attached hydrogens (tertiary/aromatic N) is 10. The quantitative estimate of drug-likeness (QED) is 0.0751. The van der Waals surface area contributed by atoms with Crippen molar-refractivity contribution in [3.8, 4) is 0 Å². The molecule has 0 atom stereocenters. The highest BCUT2D eigenvalue weighted by Crippen LogP contribution is 2.44. The van der Waals surface area contributed by atoms with Crippen LogP contribution >= 0.6 is 57.7 Å². The lowest BCUT2D eigenvalue weighted by Gasteiger charge is -2.46. The van der Waals surface area contributed by atoms with E-state index in [0.717, 1.165) is 181 Å². The van der Waals surface area contributed by atoms with E-state index in [-0.39, 0.29) is 17.2 Å². The number of hydrogen-bond donors (Lipinski definition) is 6. The third-order valence-corrected chi connectivity index (χ3v) is 21.3. The van der Waals surface area contributed by atoms with Crippen LogP contribution in [0.25, 0.3) is 43.6 Å². The van der Waals surface area contributed by atoms with Crippen molar-refractivity contribution in [3.05, 3.63) is 117 Å². The number of carbonyl (C=O) groups excluding carboxylic acids is 2. The molecule has 5 aliphatic rings. The van der Waals surface area contributed by atoms with Gasteiger partial charge >= 0.3 is 0 Å². The number of fused-ring (bicyclic) bond motifs is 4. The van der Waals surface area contributed by atoms with Crippen molar-refractivity contribution in [3.63, 3.8) is 0 Å². The minimum absolute atomic E-state index is 0.133. The number of hydrogen-bond acceptors (Lipinski definition) is 13. The summed E-state index contributed by atoms with van der Waals surface area (Å²) in [4.78, 5) is 47.7. The topological polar surface area (TPSA) is 231 Å². The van der Waals surface area contributed by atoms with Crippen LogP contribution in [0.3, 0.4) is 0 Å². The Morgan fingerprint density at radius 2 is 1.01 bits per heavy atom. The second-order valence-corrected chi connectivity index (χ2v) is 28.4. The zero-order chi connectivity index (χ0) is 62.4. The molecule has 5 fully saturated rings. The molecule has 14 rings (SSSR count). The Hall–Kier alpha value is -6.50. The number of halogens is 4. The Morgan fingerprint density at radius 1 is 0.596 bits per heavy atom. The number of thiazole rings is 1. The summed E-state index contributed by atoms with van der Waals surface area (Å²) in [5, 5.41) is 32.9. The van der Waals surface area contributed by atoms with E-state index in [9.17, 15) is 18.0 Å². The number of piperazine rings is 1. The maximum atomic E-state index is 11.8. The number of benzene rings is 4. The van der Waals surface area contributed by atoms with Crippen molar-refractivity contribution >= 4 is 151 Å². The first-order valence-corrected chi connectivity index (χ1v) is 34.4. The molecule has 89 heavy (non-hydrogen) atoms. The highest BCUT2D eigenvalue weighted by atomic mass is 35.5. The summed E-state index contributed by atoms with van der Waals surface area (Å²) in [6, 6.07) is 20.0. The third-order valence-electron chi connectivity index (χ3n) is 18.5. The first-order valence-electron chi connectivity index (χ1n) is 30.5. The molecule has 0 bridgehead atoms. The Morgan fingerprint density at radius 3 is 1.45 bits per heavy atom. The van der Waals surface area contributed by atoms with Crippen LogP contribution in [-0.4, -0.2) is 164 Å². The van der Waals surface area contributed by atoms with Gasteiger partial charge in [-0.25, -0.2) is 10.1 Å². The third kappa shape index (κ3) is 15.5. The monoisotopic (exact) mass is 1330 g/mol. The van der Waals surface area contributed by atoms with Crippen LogP contribution in [0.5, 0.6) is 0 Å². The predicted molar refractivity (Wildman–Crippen MR) is 365 cm³/mol. The van der Waals surface area contributed by atoms with Crippen molar-refractivity contribution in [1.82, 2.24) is 49.9 Å². The van der Waals surface area contributed by atoms with Crippen molar-refractivity contribution < 1.29 is 18.0 Å². The van der Waals surface area contributed by atoms with E-state index in [2.05, 4.69) is 83.4 Å². The molecule has 4 aromatic carbocycles. The molecular weight excluding hydrogens is 1250 g/mol. The van der Waals surface area contributed by atoms with Gasteiger partial charge in [-0.2, -0.15) is 22.9 Å². The summed E-state index contributed by atoms with van der Waals surface area (Å²) < 4.78 is 24.4. The van der Waals surface area contributed by atoms with Gasteiger partial charge in [0.05, 0.1) is 23.4 Å². The number of nitrogens with one attached hydrogen (secondary N) is 5. The van der Waals surface area contributed by atoms with Crippen LogP contribution < -0.4 is 35.0 Å². The lowest BCUT2D eigenvalue weighted by molar-refractivity contribution is -0.129. The number of rotatable bonds is 10. The number of amides is 2. The van der Waals surface area contributed by atoms with Gasteiger partial charge in [-0.05, 0) is 129 Å². The van der Waals surface area contributed by atoms with Gasteiger partial charge in [0, 0.05) is 212 Å². The van der Waals surface area contributed by atoms with Crippen molar-refractivity contribution in [1.29, 1.82) is 0 Å². The maximum Gasteiger partial charge on any atom is 0.276 e. The molecule has 5 aliphatic heterocycles. The summed E-state index contributed by atoms with van der Waals surface area (Å²) in [5.41, 5.74) is 8.99. The van der Waals surface area contributed by atoms with Gasteiger partial charge < -0.3 is 44.7 Å². The summed E-state index contributed by atoms with van der Waals surface area (Å²) in [6.07, 6.45) is 18.8. The fraction of sp³-hybridized carbons (Fsp3) is 0.444. The molecule has 0 aliphatic carbocycles. The molecule has 474 valence electrons. The maximum absolute atomic E-state index is 11.8. The summed E-state index contributed by atoms with van der Waals surface area (Å²) in [6.45, 7) is 10.8. The van der Waals surface area contributed by atoms with E-state index >= 15 is 0 Å². The van der Waals surface area contributed by atoms with Gasteiger partial charge in [-0.1, -0.05) is 46.4 Å². The average molecular weight is 1330 g/mol. The lowest BCUT2D eigenvalue weighted by Crippen LogP contribution is -2.49. The summed E-state index contributed by atoms with van der Waals surface area (Å²) in [7, 11) is 1.78. The molecule has 10 heterocycles. The van der Waals surface area contributed by atoms with Crippen LogP contribution in [0.1, 0.15) is 64.2 Å². The first kappa shape index (κ1) is 64.0. The van der Waals surface area contributed by atoms with Gasteiger partial charge in [0.1, 0.15) is 0 Å². The minimum Gasteiger partial charge on any atom is -0.371 e. The molecule has 20 nitrogen and oxygen atoms in total. The summed E-state index contributed by atoms with van der Waals surface area (Å²) in [5.74, 6) is 1.30. The SMILES string of the molecule is CN(C)C(=O)CC1CCN(c2cc(Cl)cc3[nH]ncc23)CC1.CNC(=O)CC1CCN(c2cc(Cl)cc3[nH]ncc23)CC1.Clc1cc(N2CCN(c3nccs3)CC2)c2cc[nH]c2c1.NS(=O)(=O)N1CCC2(CCN(c3cc(Cl)cc4[nH]ccc34)CC2)CC1. The normalized spacial score (nSPS) is 17.8. The van der Waals surface area contributed by atoms with E-state index in [0.29, 0.717) is 42.8 Å². The Balaban J connectivity index is 0.000000123. The molecule has 0 saturated carbocycles. The standard InChI is InChI=1S/C17H23ClN4O2S.C16H21ClN4O.C15H19ClN4O.C15H15ClN4S/c18-13-11-15-14(1-6-20-15)16(12-13)21-7-2-17(3-8-21)4-9-22(10-5-17)25(19,23)24;1-20(2)16(22)7-11-3-5-21(6-4-11)15-9-12(17)8-14-13(15)10-18-19-14;1-17-15(21)6-10-2-4-20(5-3-10)14-8-11(16)7-13-12(14)9-18-19-13;16-11-9-13-12(1-2-17-13)14(10-11)19-4-6-20(7-5-19)15-18-3-8-21-15/h1,6,11-12,20H,2-5,7-10H2,(H2,19,23,24);8-11H,3-7H2,1-2H3,(H,18,19);7-10H,2-6H2,1H3,(H,17,21)(H,18,19);1-3,8-10,17H,4-7H2. The zero-order valence-electron chi connectivity index (χ0n) is 50.5. The lowest BCUT2D eigenvalue weighted by atomic mass is 9.71. The van der Waals surface area contributed by atoms with Crippen LogP contribution in [0.2, 0.25) is 20.1 Å². The molecular formula is C63H78Cl4N16O4S2. The van der Waals surface area contributed by atoms with Crippen molar-refractivity contribution in [2.75, 3.05) is 124 Å². The Labute approximate surface area is 543 Å². The van der Waals surface area contributed by atoms with E-state index in [1.807, 2.05) is 92.9 Å². The number of aromatic nitrogens is 7. The number of aromatic amines is 4. The van der Waals surface area contributed by atoms with Crippen LogP contribution in [0, 0.1) is 17.3 Å². The summed E-state index contributed by atoms with van der Waals surface area (Å²) >= 11 is 26.6. The molecule has 0 unspecified atom stereocenters. The first-order chi connectivity index (χ1) is 42.9. The van der Waals surface area contributed by atoms with Gasteiger partial charge in [-0.15, -0.1) is 11.3 Å². The van der Waals surface area contributed by atoms with E-state index in [1.165, 1.54) is 26.5 Å². The fourth-order valence-corrected chi connectivity index (χ4v) is 15.5. The van der Waals surface area contributed by atoms with E-state index in [4.69, 9.17) is 51.5 Å². The zero-order valence-corrected chi connectivity index (χ0v) is 55.1. The smallest absolute Gasteiger partial charge is 0.276 e. The van der Waals surface area contributed by atoms with E-state index < -0.39 is 10.2 Å². The fourth-order valence-electron chi connectivity index (χ4n) is 13.3. The average Bonchev–Trinajstić information content (AvgIpc) is 2.42. The Kier molecular flexibility index (Phi) is 20.4. The molecule has 5 saturated heterocycles. The second kappa shape index (κ2) is 28.3. The number of carbonyl (C=O) groups is 2. The van der Waals surface area contributed by atoms with Crippen LogP contribution in [0.15, 0.2) is 97.0 Å². The predicted octanol–water partition coefficient (Wildman–Crippen LogP) is 11.8. The van der Waals surface area contributed by atoms with Gasteiger partial charge in [0.25, 0.3) is 10.2 Å². The Bertz CT molecular complexity index is 3960. The highest BCUT2D eigenvalue weighted by Gasteiger charge is 2.40. The van der Waals surface area contributed by atoms with Crippen LogP contribution in [-0.2, 0) is 19.8 Å². The molecule has 2 amide bonds. The molecule has 7 N–H and O–H groups in total.